The van der Waals surface area contributed by atoms with Crippen LogP contribution in [0.4, 0.5) is 10.1 Å². The van der Waals surface area contributed by atoms with Gasteiger partial charge in [-0.3, -0.25) is 4.99 Å². The Bertz CT molecular complexity index is 513. The van der Waals surface area contributed by atoms with E-state index in [2.05, 4.69) is 15.6 Å². The second kappa shape index (κ2) is 7.98. The average molecular weight is 308 g/mol. The average Bonchev–Trinajstić information content (AvgIpc) is 2.52. The van der Waals surface area contributed by atoms with Crippen molar-refractivity contribution in [3.63, 3.8) is 0 Å². The fourth-order valence-electron chi connectivity index (χ4n) is 2.37. The maximum atomic E-state index is 14.3. The summed E-state index contributed by atoms with van der Waals surface area (Å²) < 4.78 is 19.6. The number of anilines is 1. The first-order valence-corrected chi connectivity index (χ1v) is 7.68. The Kier molecular flexibility index (Phi) is 6.00. The smallest absolute Gasteiger partial charge is 0.191 e. The topological polar surface area (TPSA) is 48.9 Å². The number of hydrogen-bond donors (Lipinski definition) is 2. The molecule has 0 saturated carbocycles. The van der Waals surface area contributed by atoms with Crippen molar-refractivity contribution >= 4 is 11.6 Å². The van der Waals surface area contributed by atoms with E-state index in [0.29, 0.717) is 37.4 Å². The van der Waals surface area contributed by atoms with Crippen LogP contribution in [-0.4, -0.2) is 45.4 Å². The summed E-state index contributed by atoms with van der Waals surface area (Å²) in [5.74, 6) is 0.528. The van der Waals surface area contributed by atoms with Crippen LogP contribution < -0.4 is 15.5 Å². The van der Waals surface area contributed by atoms with Crippen molar-refractivity contribution in [3.8, 4) is 0 Å². The number of ether oxygens (including phenoxy) is 1. The van der Waals surface area contributed by atoms with Crippen LogP contribution >= 0.6 is 0 Å². The molecule has 0 aromatic heterocycles. The molecule has 1 saturated heterocycles. The molecule has 1 fully saturated rings. The van der Waals surface area contributed by atoms with E-state index in [1.54, 1.807) is 13.1 Å². The summed E-state index contributed by atoms with van der Waals surface area (Å²) >= 11 is 0. The normalized spacial score (nSPS) is 16.0. The van der Waals surface area contributed by atoms with E-state index in [1.165, 1.54) is 0 Å². The van der Waals surface area contributed by atoms with Crippen LogP contribution in [0.3, 0.4) is 0 Å². The summed E-state index contributed by atoms with van der Waals surface area (Å²) in [7, 11) is 1.72. The zero-order valence-corrected chi connectivity index (χ0v) is 13.5. The number of rotatable bonds is 4. The molecule has 0 atom stereocenters. The number of nitrogens with one attached hydrogen (secondary N) is 2. The van der Waals surface area contributed by atoms with Crippen LogP contribution in [0.5, 0.6) is 0 Å². The first-order chi connectivity index (χ1) is 10.6. The number of halogens is 1. The predicted octanol–water partition coefficient (Wildman–Crippen LogP) is 1.74. The van der Waals surface area contributed by atoms with Crippen molar-refractivity contribution < 1.29 is 9.13 Å². The van der Waals surface area contributed by atoms with E-state index in [0.717, 1.165) is 18.7 Å². The van der Waals surface area contributed by atoms with Crippen molar-refractivity contribution in [3.05, 3.63) is 29.6 Å². The minimum atomic E-state index is -0.187. The van der Waals surface area contributed by atoms with Gasteiger partial charge in [-0.1, -0.05) is 6.07 Å². The summed E-state index contributed by atoms with van der Waals surface area (Å²) in [5.41, 5.74) is 1.54. The molecule has 0 unspecified atom stereocenters. The van der Waals surface area contributed by atoms with Gasteiger partial charge in [0.15, 0.2) is 5.96 Å². The molecule has 5 nitrogen and oxygen atoms in total. The van der Waals surface area contributed by atoms with Crippen molar-refractivity contribution in [1.29, 1.82) is 0 Å². The molecule has 0 spiro atoms. The SMILES string of the molecule is CN=C(NCc1ccc(N2CCOCC2)c(F)c1)NC(C)C. The Hall–Kier alpha value is -1.82. The Morgan fingerprint density at radius 3 is 2.68 bits per heavy atom. The van der Waals surface area contributed by atoms with E-state index in [4.69, 9.17) is 4.74 Å². The zero-order valence-electron chi connectivity index (χ0n) is 13.5. The van der Waals surface area contributed by atoms with Crippen LogP contribution in [0.25, 0.3) is 0 Å². The van der Waals surface area contributed by atoms with Crippen molar-refractivity contribution in [2.24, 2.45) is 4.99 Å². The molecule has 1 aliphatic rings. The van der Waals surface area contributed by atoms with Gasteiger partial charge in [0.05, 0.1) is 18.9 Å². The highest BCUT2D eigenvalue weighted by atomic mass is 19.1. The molecule has 0 radical (unpaired) electrons. The maximum absolute atomic E-state index is 14.3. The fraction of sp³-hybridized carbons (Fsp3) is 0.562. The summed E-state index contributed by atoms with van der Waals surface area (Å²) in [6.45, 7) is 7.40. The summed E-state index contributed by atoms with van der Waals surface area (Å²) in [6.07, 6.45) is 0. The van der Waals surface area contributed by atoms with Crippen LogP contribution in [0.15, 0.2) is 23.2 Å². The molecule has 0 aliphatic carbocycles. The monoisotopic (exact) mass is 308 g/mol. The molecule has 1 aromatic rings. The lowest BCUT2D eigenvalue weighted by atomic mass is 10.1. The zero-order chi connectivity index (χ0) is 15.9. The van der Waals surface area contributed by atoms with E-state index in [1.807, 2.05) is 30.9 Å². The highest BCUT2D eigenvalue weighted by molar-refractivity contribution is 5.79. The molecule has 1 heterocycles. The predicted molar refractivity (Wildman–Crippen MR) is 87.9 cm³/mol. The molecule has 0 bridgehead atoms. The van der Waals surface area contributed by atoms with Gasteiger partial charge in [0, 0.05) is 32.7 Å². The van der Waals surface area contributed by atoms with Gasteiger partial charge in [-0.15, -0.1) is 0 Å². The maximum Gasteiger partial charge on any atom is 0.191 e. The third-order valence-electron chi connectivity index (χ3n) is 3.47. The quantitative estimate of drug-likeness (QED) is 0.657. The number of morpholine rings is 1. The van der Waals surface area contributed by atoms with Gasteiger partial charge in [-0.05, 0) is 31.5 Å². The number of nitrogens with zero attached hydrogens (tertiary/aromatic N) is 2. The van der Waals surface area contributed by atoms with E-state index in [9.17, 15) is 4.39 Å². The lowest BCUT2D eigenvalue weighted by molar-refractivity contribution is 0.122. The van der Waals surface area contributed by atoms with Gasteiger partial charge in [0.1, 0.15) is 5.82 Å². The molecule has 6 heteroatoms. The standard InChI is InChI=1S/C16H25FN4O/c1-12(2)20-16(18-3)19-11-13-4-5-15(14(17)10-13)21-6-8-22-9-7-21/h4-5,10,12H,6-9,11H2,1-3H3,(H2,18,19,20). The largest absolute Gasteiger partial charge is 0.378 e. The van der Waals surface area contributed by atoms with E-state index < -0.39 is 0 Å². The molecule has 2 rings (SSSR count). The lowest BCUT2D eigenvalue weighted by Crippen LogP contribution is -2.40. The fourth-order valence-corrected chi connectivity index (χ4v) is 2.37. The van der Waals surface area contributed by atoms with Gasteiger partial charge in [-0.25, -0.2) is 4.39 Å². The number of hydrogen-bond acceptors (Lipinski definition) is 3. The highest BCUT2D eigenvalue weighted by Gasteiger charge is 2.15. The molecule has 1 aromatic carbocycles. The van der Waals surface area contributed by atoms with Gasteiger partial charge >= 0.3 is 0 Å². The van der Waals surface area contributed by atoms with Gasteiger partial charge in [0.25, 0.3) is 0 Å². The molecular formula is C16H25FN4O. The van der Waals surface area contributed by atoms with Crippen molar-refractivity contribution in [2.45, 2.75) is 26.4 Å². The number of aliphatic imine (C=N–C) groups is 1. The molecular weight excluding hydrogens is 283 g/mol. The Balaban J connectivity index is 1.97. The number of benzene rings is 1. The second-order valence-electron chi connectivity index (χ2n) is 5.61. The van der Waals surface area contributed by atoms with Crippen LogP contribution in [0.1, 0.15) is 19.4 Å². The van der Waals surface area contributed by atoms with Crippen molar-refractivity contribution in [1.82, 2.24) is 10.6 Å². The van der Waals surface area contributed by atoms with Crippen LogP contribution in [0.2, 0.25) is 0 Å². The Labute approximate surface area is 131 Å². The Morgan fingerprint density at radius 2 is 2.09 bits per heavy atom. The van der Waals surface area contributed by atoms with Crippen molar-refractivity contribution in [2.75, 3.05) is 38.3 Å². The lowest BCUT2D eigenvalue weighted by Gasteiger charge is -2.29. The third-order valence-corrected chi connectivity index (χ3v) is 3.47. The molecule has 22 heavy (non-hydrogen) atoms. The van der Waals surface area contributed by atoms with Crippen LogP contribution in [0, 0.1) is 5.82 Å². The molecule has 0 amide bonds. The number of guanidine groups is 1. The van der Waals surface area contributed by atoms with Gasteiger partial charge in [-0.2, -0.15) is 0 Å². The first kappa shape index (κ1) is 16.5. The van der Waals surface area contributed by atoms with E-state index in [-0.39, 0.29) is 5.82 Å². The minimum Gasteiger partial charge on any atom is -0.378 e. The highest BCUT2D eigenvalue weighted by Crippen LogP contribution is 2.21. The van der Waals surface area contributed by atoms with Gasteiger partial charge in [0.2, 0.25) is 0 Å². The molecule has 1 aliphatic heterocycles. The minimum absolute atomic E-state index is 0.187. The second-order valence-corrected chi connectivity index (χ2v) is 5.61. The first-order valence-electron chi connectivity index (χ1n) is 7.68. The van der Waals surface area contributed by atoms with Gasteiger partial charge < -0.3 is 20.3 Å². The summed E-state index contributed by atoms with van der Waals surface area (Å²) in [6, 6.07) is 5.67. The van der Waals surface area contributed by atoms with E-state index >= 15 is 0 Å². The van der Waals surface area contributed by atoms with Crippen LogP contribution in [-0.2, 0) is 11.3 Å². The third kappa shape index (κ3) is 4.59. The summed E-state index contributed by atoms with van der Waals surface area (Å²) in [5, 5.41) is 6.38. The Morgan fingerprint density at radius 1 is 1.36 bits per heavy atom. The molecule has 2 N–H and O–H groups in total. The molecule has 122 valence electrons. The summed E-state index contributed by atoms with van der Waals surface area (Å²) in [4.78, 5) is 6.16.